The minimum atomic E-state index is -3.99. The summed E-state index contributed by atoms with van der Waals surface area (Å²) in [7, 11) is -1.15. The van der Waals surface area contributed by atoms with Gasteiger partial charge in [-0.05, 0) is 18.2 Å². The van der Waals surface area contributed by atoms with E-state index in [-0.39, 0.29) is 31.7 Å². The van der Waals surface area contributed by atoms with Gasteiger partial charge in [0.25, 0.3) is 5.56 Å². The Morgan fingerprint density at radius 3 is 2.33 bits per heavy atom. The first kappa shape index (κ1) is 21.7. The van der Waals surface area contributed by atoms with Crippen LogP contribution >= 0.6 is 0 Å². The fourth-order valence-corrected chi connectivity index (χ4v) is 4.65. The number of piperazine rings is 1. The second-order valence-electron chi connectivity index (χ2n) is 6.84. The smallest absolute Gasteiger partial charge is 0.330 e. The summed E-state index contributed by atoms with van der Waals surface area (Å²) in [5, 5.41) is 0. The molecular weight excluding hydrogens is 415 g/mol. The normalized spacial score (nSPS) is 15.6. The summed E-state index contributed by atoms with van der Waals surface area (Å²) < 4.78 is 42.5. The Kier molecular flexibility index (Phi) is 6.04. The number of hydrogen-bond donors (Lipinski definition) is 0. The molecule has 0 aliphatic carbocycles. The number of sulfonamides is 1. The molecule has 2 aromatic rings. The molecule has 0 unspecified atom stereocenters. The van der Waals surface area contributed by atoms with Crippen molar-refractivity contribution in [1.29, 1.82) is 0 Å². The maximum absolute atomic E-state index is 13.9. The third-order valence-electron chi connectivity index (χ3n) is 4.88. The lowest BCUT2D eigenvalue weighted by Gasteiger charge is -2.33. The summed E-state index contributed by atoms with van der Waals surface area (Å²) in [5.41, 5.74) is -0.827. The van der Waals surface area contributed by atoms with Crippen LogP contribution in [0.1, 0.15) is 5.56 Å². The lowest BCUT2D eigenvalue weighted by molar-refractivity contribution is -0.127. The molecule has 1 aromatic heterocycles. The van der Waals surface area contributed by atoms with Crippen molar-refractivity contribution < 1.29 is 17.6 Å². The third kappa shape index (κ3) is 4.12. The minimum absolute atomic E-state index is 0.0256. The Bertz CT molecular complexity index is 1220. The number of nitrogens with zero attached hydrogens (tertiary/aromatic N) is 4. The molecule has 0 saturated carbocycles. The van der Waals surface area contributed by atoms with Gasteiger partial charge in [0.15, 0.2) is 0 Å². The van der Waals surface area contributed by atoms with E-state index in [4.69, 9.17) is 0 Å². The minimum Gasteiger partial charge on any atom is -0.337 e. The van der Waals surface area contributed by atoms with Gasteiger partial charge in [0.05, 0.1) is 5.56 Å². The van der Waals surface area contributed by atoms with Crippen molar-refractivity contribution in [3.05, 3.63) is 68.8 Å². The van der Waals surface area contributed by atoms with Crippen molar-refractivity contribution in [3.8, 4) is 0 Å². The van der Waals surface area contributed by atoms with Crippen molar-refractivity contribution >= 4 is 22.0 Å². The van der Waals surface area contributed by atoms with Gasteiger partial charge in [-0.1, -0.05) is 12.1 Å². The highest BCUT2D eigenvalue weighted by Crippen LogP contribution is 2.20. The molecule has 0 atom stereocenters. The number of carbonyl (C=O) groups excluding carboxylic acids is 1. The van der Waals surface area contributed by atoms with Gasteiger partial charge in [0.2, 0.25) is 15.9 Å². The number of benzene rings is 1. The zero-order valence-electron chi connectivity index (χ0n) is 16.5. The number of rotatable bonds is 4. The Labute approximate surface area is 172 Å². The van der Waals surface area contributed by atoms with E-state index in [1.165, 1.54) is 60.1 Å². The molecule has 0 N–H and O–H groups in total. The van der Waals surface area contributed by atoms with Crippen molar-refractivity contribution in [2.24, 2.45) is 14.1 Å². The van der Waals surface area contributed by atoms with Crippen LogP contribution in [0.4, 0.5) is 4.39 Å². The first-order valence-electron chi connectivity index (χ1n) is 9.11. The predicted octanol–water partition coefficient (Wildman–Crippen LogP) is -0.231. The van der Waals surface area contributed by atoms with Gasteiger partial charge in [-0.15, -0.1) is 0 Å². The van der Waals surface area contributed by atoms with Gasteiger partial charge < -0.3 is 9.47 Å². The fraction of sp³-hybridized carbons (Fsp3) is 0.316. The lowest BCUT2D eigenvalue weighted by atomic mass is 10.2. The van der Waals surface area contributed by atoms with Gasteiger partial charge in [-0.2, -0.15) is 4.31 Å². The Hall–Kier alpha value is -3.05. The van der Waals surface area contributed by atoms with E-state index in [1.807, 2.05) is 0 Å². The van der Waals surface area contributed by atoms with E-state index in [0.717, 1.165) is 14.9 Å². The van der Waals surface area contributed by atoms with Crippen LogP contribution in [-0.4, -0.2) is 58.8 Å². The summed E-state index contributed by atoms with van der Waals surface area (Å²) in [4.78, 5) is 37.3. The highest BCUT2D eigenvalue weighted by Gasteiger charge is 2.31. The quantitative estimate of drug-likeness (QED) is 0.617. The van der Waals surface area contributed by atoms with E-state index in [9.17, 15) is 27.2 Å². The van der Waals surface area contributed by atoms with Gasteiger partial charge in [0.1, 0.15) is 10.7 Å². The van der Waals surface area contributed by atoms with Crippen molar-refractivity contribution in [3.63, 3.8) is 0 Å². The largest absolute Gasteiger partial charge is 0.337 e. The summed E-state index contributed by atoms with van der Waals surface area (Å²) in [5.74, 6) is -1.22. The average molecular weight is 436 g/mol. The van der Waals surface area contributed by atoms with Gasteiger partial charge >= 0.3 is 5.69 Å². The molecule has 1 saturated heterocycles. The van der Waals surface area contributed by atoms with Gasteiger partial charge in [0, 0.05) is 52.5 Å². The number of aromatic nitrogens is 2. The molecule has 1 aliphatic heterocycles. The monoisotopic (exact) mass is 436 g/mol. The zero-order chi connectivity index (χ0) is 22.1. The van der Waals surface area contributed by atoms with Crippen LogP contribution < -0.4 is 11.2 Å². The molecule has 0 radical (unpaired) electrons. The summed E-state index contributed by atoms with van der Waals surface area (Å²) >= 11 is 0. The number of amides is 1. The second-order valence-corrected chi connectivity index (χ2v) is 8.74. The Morgan fingerprint density at radius 1 is 1.07 bits per heavy atom. The van der Waals surface area contributed by atoms with Crippen LogP contribution in [0.25, 0.3) is 6.08 Å². The highest BCUT2D eigenvalue weighted by molar-refractivity contribution is 7.89. The predicted molar refractivity (Wildman–Crippen MR) is 108 cm³/mol. The lowest BCUT2D eigenvalue weighted by Crippen LogP contribution is -2.50. The Morgan fingerprint density at radius 2 is 1.70 bits per heavy atom. The molecule has 160 valence electrons. The maximum Gasteiger partial charge on any atom is 0.330 e. The van der Waals surface area contributed by atoms with Crippen LogP contribution in [0.2, 0.25) is 0 Å². The average Bonchev–Trinajstić information content (AvgIpc) is 2.74. The molecule has 2 heterocycles. The van der Waals surface area contributed by atoms with E-state index in [1.54, 1.807) is 0 Å². The molecule has 1 amide bonds. The van der Waals surface area contributed by atoms with Crippen LogP contribution in [0.5, 0.6) is 0 Å². The van der Waals surface area contributed by atoms with Crippen LogP contribution in [-0.2, 0) is 28.9 Å². The number of aryl methyl sites for hydroxylation is 1. The summed E-state index contributed by atoms with van der Waals surface area (Å²) in [6.45, 7) is 0.306. The number of carbonyl (C=O) groups is 1. The van der Waals surface area contributed by atoms with E-state index in [2.05, 4.69) is 0 Å². The molecule has 30 heavy (non-hydrogen) atoms. The Balaban J connectivity index is 1.69. The zero-order valence-corrected chi connectivity index (χ0v) is 17.3. The van der Waals surface area contributed by atoms with Crippen molar-refractivity contribution in [2.75, 3.05) is 26.2 Å². The van der Waals surface area contributed by atoms with Gasteiger partial charge in [-0.3, -0.25) is 14.2 Å². The molecule has 11 heteroatoms. The molecule has 1 aliphatic rings. The second kappa shape index (κ2) is 8.36. The fourth-order valence-electron chi connectivity index (χ4n) is 3.16. The van der Waals surface area contributed by atoms with E-state index >= 15 is 0 Å². The summed E-state index contributed by atoms with van der Waals surface area (Å²) in [6, 6.07) is 5.15. The topological polar surface area (TPSA) is 102 Å². The molecule has 9 nitrogen and oxygen atoms in total. The van der Waals surface area contributed by atoms with Gasteiger partial charge in [-0.25, -0.2) is 17.6 Å². The van der Waals surface area contributed by atoms with Crippen LogP contribution in [0.3, 0.4) is 0 Å². The summed E-state index contributed by atoms with van der Waals surface area (Å²) in [6.07, 6.45) is 3.88. The van der Waals surface area contributed by atoms with E-state index in [0.29, 0.717) is 0 Å². The first-order chi connectivity index (χ1) is 14.1. The molecule has 0 bridgehead atoms. The van der Waals surface area contributed by atoms with Crippen LogP contribution in [0.15, 0.2) is 51.0 Å². The first-order valence-corrected chi connectivity index (χ1v) is 10.6. The molecule has 1 fully saturated rings. The molecule has 3 rings (SSSR count). The van der Waals surface area contributed by atoms with Crippen molar-refractivity contribution in [2.45, 2.75) is 4.90 Å². The van der Waals surface area contributed by atoms with Crippen molar-refractivity contribution in [1.82, 2.24) is 18.3 Å². The molecule has 0 spiro atoms. The SMILES string of the molecule is Cn1cc(C=CC(=O)N2CCN(S(=O)(=O)c3ccccc3F)CC2)c(=O)n(C)c1=O. The highest BCUT2D eigenvalue weighted by atomic mass is 32.2. The number of hydrogen-bond acceptors (Lipinski definition) is 5. The maximum atomic E-state index is 13.9. The standard InChI is InChI=1S/C19H21FN4O5S/c1-21-13-14(18(26)22(2)19(21)27)7-8-17(25)23-9-11-24(12-10-23)30(28,29)16-6-4-3-5-15(16)20/h3-8,13H,9-12H2,1-2H3. The van der Waals surface area contributed by atoms with E-state index < -0.39 is 37.9 Å². The van der Waals surface area contributed by atoms with Crippen LogP contribution in [0, 0.1) is 5.82 Å². The third-order valence-corrected chi connectivity index (χ3v) is 6.82. The molecule has 1 aromatic carbocycles. The molecular formula is C19H21FN4O5S. The number of halogens is 1.